The summed E-state index contributed by atoms with van der Waals surface area (Å²) in [6.07, 6.45) is 2.78. The van der Waals surface area contributed by atoms with Crippen LogP contribution in [-0.4, -0.2) is 22.8 Å². The van der Waals surface area contributed by atoms with Gasteiger partial charge in [-0.05, 0) is 41.7 Å². The lowest BCUT2D eigenvalue weighted by Gasteiger charge is -2.20. The van der Waals surface area contributed by atoms with Crippen LogP contribution in [0, 0.1) is 6.92 Å². The van der Waals surface area contributed by atoms with Crippen LogP contribution >= 0.6 is 0 Å². The number of aryl methyl sites for hydroxylation is 2. The highest BCUT2D eigenvalue weighted by atomic mass is 16.2. The molecule has 26 heavy (non-hydrogen) atoms. The standard InChI is InChI=1S/C23H24N2O/c1-4-18-10-12-19(13-11-18)16-25(3)23(26)22-17(2)24-15-14-21(22)20-8-6-5-7-9-20/h5-15H,4,16H2,1-3H3. The first-order valence-corrected chi connectivity index (χ1v) is 8.94. The number of aromatic nitrogens is 1. The van der Waals surface area contributed by atoms with E-state index in [0.29, 0.717) is 12.1 Å². The fourth-order valence-corrected chi connectivity index (χ4v) is 3.11. The van der Waals surface area contributed by atoms with Gasteiger partial charge in [-0.3, -0.25) is 9.78 Å². The molecule has 1 amide bonds. The van der Waals surface area contributed by atoms with Crippen molar-refractivity contribution >= 4 is 5.91 Å². The molecule has 0 aliphatic rings. The molecule has 0 saturated heterocycles. The van der Waals surface area contributed by atoms with Crippen LogP contribution in [0.5, 0.6) is 0 Å². The maximum absolute atomic E-state index is 13.2. The Bertz CT molecular complexity index is 886. The molecule has 0 radical (unpaired) electrons. The molecular formula is C23H24N2O. The van der Waals surface area contributed by atoms with E-state index in [1.165, 1.54) is 5.56 Å². The Labute approximate surface area is 155 Å². The lowest BCUT2D eigenvalue weighted by atomic mass is 9.98. The highest BCUT2D eigenvalue weighted by molar-refractivity contribution is 6.01. The summed E-state index contributed by atoms with van der Waals surface area (Å²) in [7, 11) is 1.84. The lowest BCUT2D eigenvalue weighted by Crippen LogP contribution is -2.27. The second-order valence-corrected chi connectivity index (χ2v) is 6.52. The largest absolute Gasteiger partial charge is 0.337 e. The minimum absolute atomic E-state index is 0.00554. The first-order valence-electron chi connectivity index (χ1n) is 8.94. The Morgan fingerprint density at radius 1 is 0.962 bits per heavy atom. The highest BCUT2D eigenvalue weighted by Crippen LogP contribution is 2.26. The summed E-state index contributed by atoms with van der Waals surface area (Å²) in [6.45, 7) is 4.61. The third kappa shape index (κ3) is 3.83. The zero-order valence-corrected chi connectivity index (χ0v) is 15.6. The number of pyridine rings is 1. The summed E-state index contributed by atoms with van der Waals surface area (Å²) < 4.78 is 0. The second-order valence-electron chi connectivity index (χ2n) is 6.52. The van der Waals surface area contributed by atoms with Crippen molar-refractivity contribution in [2.45, 2.75) is 26.8 Å². The van der Waals surface area contributed by atoms with Crippen molar-refractivity contribution in [3.63, 3.8) is 0 Å². The van der Waals surface area contributed by atoms with Crippen LogP contribution in [0.1, 0.15) is 34.1 Å². The Hall–Kier alpha value is -2.94. The zero-order chi connectivity index (χ0) is 18.5. The van der Waals surface area contributed by atoms with E-state index in [2.05, 4.69) is 36.2 Å². The van der Waals surface area contributed by atoms with Crippen LogP contribution in [-0.2, 0) is 13.0 Å². The van der Waals surface area contributed by atoms with Crippen LogP contribution in [0.15, 0.2) is 66.9 Å². The van der Waals surface area contributed by atoms with Gasteiger partial charge in [0.15, 0.2) is 0 Å². The monoisotopic (exact) mass is 344 g/mol. The number of benzene rings is 2. The molecule has 0 bridgehead atoms. The Kier molecular flexibility index (Phi) is 5.47. The maximum Gasteiger partial charge on any atom is 0.256 e. The summed E-state index contributed by atoms with van der Waals surface area (Å²) in [6, 6.07) is 20.3. The van der Waals surface area contributed by atoms with Crippen LogP contribution in [0.3, 0.4) is 0 Å². The molecule has 2 aromatic carbocycles. The first kappa shape index (κ1) is 17.9. The molecule has 0 N–H and O–H groups in total. The third-order valence-electron chi connectivity index (χ3n) is 4.64. The molecule has 0 aliphatic carbocycles. The molecule has 3 rings (SSSR count). The molecule has 0 fully saturated rings. The summed E-state index contributed by atoms with van der Waals surface area (Å²) in [4.78, 5) is 19.3. The normalized spacial score (nSPS) is 10.6. The summed E-state index contributed by atoms with van der Waals surface area (Å²) in [5.74, 6) is -0.00554. The first-order chi connectivity index (χ1) is 12.6. The summed E-state index contributed by atoms with van der Waals surface area (Å²) in [5.41, 5.74) is 5.81. The van der Waals surface area contributed by atoms with Gasteiger partial charge in [0.1, 0.15) is 0 Å². The number of rotatable bonds is 5. The molecule has 0 aliphatic heterocycles. The number of nitrogens with zero attached hydrogens (tertiary/aromatic N) is 2. The smallest absolute Gasteiger partial charge is 0.256 e. The molecule has 0 spiro atoms. The Balaban J connectivity index is 1.89. The van der Waals surface area contributed by atoms with Gasteiger partial charge in [0.2, 0.25) is 0 Å². The molecule has 3 heteroatoms. The fraction of sp³-hybridized carbons (Fsp3) is 0.217. The Morgan fingerprint density at radius 2 is 1.62 bits per heavy atom. The van der Waals surface area contributed by atoms with E-state index >= 15 is 0 Å². The predicted molar refractivity (Wildman–Crippen MR) is 106 cm³/mol. The fourth-order valence-electron chi connectivity index (χ4n) is 3.11. The molecule has 3 nitrogen and oxygen atoms in total. The molecule has 0 saturated carbocycles. The second kappa shape index (κ2) is 7.96. The molecule has 1 heterocycles. The van der Waals surface area contributed by atoms with Crippen molar-refractivity contribution < 1.29 is 4.79 Å². The predicted octanol–water partition coefficient (Wildman–Crippen LogP) is 4.89. The molecule has 3 aromatic rings. The average molecular weight is 344 g/mol. The minimum Gasteiger partial charge on any atom is -0.337 e. The van der Waals surface area contributed by atoms with Crippen molar-refractivity contribution in [2.24, 2.45) is 0 Å². The van der Waals surface area contributed by atoms with Gasteiger partial charge in [0.05, 0.1) is 11.3 Å². The van der Waals surface area contributed by atoms with Crippen molar-refractivity contribution in [3.8, 4) is 11.1 Å². The van der Waals surface area contributed by atoms with E-state index in [9.17, 15) is 4.79 Å². The molecule has 0 unspecified atom stereocenters. The topological polar surface area (TPSA) is 33.2 Å². The van der Waals surface area contributed by atoms with E-state index in [0.717, 1.165) is 28.8 Å². The van der Waals surface area contributed by atoms with E-state index in [1.54, 1.807) is 11.1 Å². The quantitative estimate of drug-likeness (QED) is 0.660. The third-order valence-corrected chi connectivity index (χ3v) is 4.64. The van der Waals surface area contributed by atoms with Gasteiger partial charge in [-0.1, -0.05) is 61.5 Å². The van der Waals surface area contributed by atoms with Crippen molar-refractivity contribution in [3.05, 3.63) is 89.2 Å². The van der Waals surface area contributed by atoms with Gasteiger partial charge in [0, 0.05) is 19.8 Å². The van der Waals surface area contributed by atoms with Gasteiger partial charge in [-0.15, -0.1) is 0 Å². The maximum atomic E-state index is 13.2. The SMILES string of the molecule is CCc1ccc(CN(C)C(=O)c2c(-c3ccccc3)ccnc2C)cc1. The minimum atomic E-state index is -0.00554. The van der Waals surface area contributed by atoms with E-state index in [-0.39, 0.29) is 5.91 Å². The molecule has 0 atom stereocenters. The number of hydrogen-bond acceptors (Lipinski definition) is 2. The van der Waals surface area contributed by atoms with Gasteiger partial charge in [-0.25, -0.2) is 0 Å². The van der Waals surface area contributed by atoms with Gasteiger partial charge >= 0.3 is 0 Å². The number of carbonyl (C=O) groups excluding carboxylic acids is 1. The summed E-state index contributed by atoms with van der Waals surface area (Å²) in [5, 5.41) is 0. The van der Waals surface area contributed by atoms with Crippen LogP contribution in [0.25, 0.3) is 11.1 Å². The number of amides is 1. The van der Waals surface area contributed by atoms with Crippen molar-refractivity contribution in [1.29, 1.82) is 0 Å². The highest BCUT2D eigenvalue weighted by Gasteiger charge is 2.20. The average Bonchev–Trinajstić information content (AvgIpc) is 2.68. The molecule has 1 aromatic heterocycles. The van der Waals surface area contributed by atoms with E-state index in [1.807, 2.05) is 50.4 Å². The van der Waals surface area contributed by atoms with Crippen LogP contribution in [0.2, 0.25) is 0 Å². The summed E-state index contributed by atoms with van der Waals surface area (Å²) >= 11 is 0. The van der Waals surface area contributed by atoms with Gasteiger partial charge < -0.3 is 4.90 Å². The van der Waals surface area contributed by atoms with Gasteiger partial charge in [0.25, 0.3) is 5.91 Å². The number of carbonyl (C=O) groups is 1. The Morgan fingerprint density at radius 3 is 2.27 bits per heavy atom. The van der Waals surface area contributed by atoms with E-state index < -0.39 is 0 Å². The van der Waals surface area contributed by atoms with Gasteiger partial charge in [-0.2, -0.15) is 0 Å². The van der Waals surface area contributed by atoms with Crippen LogP contribution < -0.4 is 0 Å². The lowest BCUT2D eigenvalue weighted by molar-refractivity contribution is 0.0784. The molecular weight excluding hydrogens is 320 g/mol. The number of hydrogen-bond donors (Lipinski definition) is 0. The zero-order valence-electron chi connectivity index (χ0n) is 15.6. The molecule has 132 valence electrons. The van der Waals surface area contributed by atoms with Crippen molar-refractivity contribution in [2.75, 3.05) is 7.05 Å². The van der Waals surface area contributed by atoms with Crippen LogP contribution in [0.4, 0.5) is 0 Å². The van der Waals surface area contributed by atoms with Crippen molar-refractivity contribution in [1.82, 2.24) is 9.88 Å². The van der Waals surface area contributed by atoms with E-state index in [4.69, 9.17) is 0 Å².